The number of rotatable bonds is 2. The number of hydrogen-bond donors (Lipinski definition) is 0. The van der Waals surface area contributed by atoms with E-state index in [0.717, 1.165) is 110 Å². The van der Waals surface area contributed by atoms with Crippen molar-refractivity contribution < 1.29 is 0 Å². The zero-order chi connectivity index (χ0) is 33.7. The topological polar surface area (TPSA) is 74.7 Å². The van der Waals surface area contributed by atoms with Gasteiger partial charge in [-0.2, -0.15) is 0 Å². The van der Waals surface area contributed by atoms with Crippen LogP contribution in [0.15, 0.2) is 109 Å². The Morgan fingerprint density at radius 2 is 0.980 bits per heavy atom. The molecule has 12 rings (SSSR count). The minimum atomic E-state index is 0.868. The average Bonchev–Trinajstić information content (AvgIpc) is 3.96. The number of hydrogen-bond acceptors (Lipinski definition) is 5. The smallest absolute Gasteiger partial charge is 0.220 e. The molecule has 0 fully saturated rings. The van der Waals surface area contributed by atoms with E-state index < -0.39 is 0 Å². The first kappa shape index (κ1) is 27.3. The summed E-state index contributed by atoms with van der Waals surface area (Å²) < 4.78 is 11.3. The van der Waals surface area contributed by atoms with Gasteiger partial charge in [0.25, 0.3) is 0 Å². The summed E-state index contributed by atoms with van der Waals surface area (Å²) >= 11 is 1.62. The Morgan fingerprint density at radius 3 is 1.61 bits per heavy atom. The lowest BCUT2D eigenvalue weighted by Gasteiger charge is -2.08. The summed E-state index contributed by atoms with van der Waals surface area (Å²) in [5.74, 6) is 1.76. The second kappa shape index (κ2) is 9.38. The van der Waals surface area contributed by atoms with Crippen LogP contribution in [-0.2, 0) is 0 Å². The minimum Gasteiger partial charge on any atom is -0.281 e. The van der Waals surface area contributed by atoms with Crippen LogP contribution in [0, 0.1) is 20.8 Å². The van der Waals surface area contributed by atoms with Crippen molar-refractivity contribution >= 4 is 93.4 Å². The Hall–Kier alpha value is -6.52. The van der Waals surface area contributed by atoms with Crippen LogP contribution < -0.4 is 0 Å². The van der Waals surface area contributed by atoms with Crippen molar-refractivity contribution in [3.05, 3.63) is 126 Å². The number of para-hydroxylation sites is 6. The Balaban J connectivity index is 1.15. The van der Waals surface area contributed by atoms with Crippen molar-refractivity contribution in [3.63, 3.8) is 0 Å². The molecule has 0 N–H and O–H groups in total. The molecule has 0 bridgehead atoms. The zero-order valence-electron chi connectivity index (χ0n) is 27.8. The molecule has 7 heterocycles. The fourth-order valence-corrected chi connectivity index (χ4v) is 9.21. The first-order chi connectivity index (χ1) is 25.0. The average molecular weight is 678 g/mol. The fourth-order valence-electron chi connectivity index (χ4n) is 8.25. The van der Waals surface area contributed by atoms with Gasteiger partial charge in [0, 0.05) is 0 Å². The molecule has 0 amide bonds. The molecule has 10 heteroatoms. The maximum Gasteiger partial charge on any atom is 0.220 e. The van der Waals surface area contributed by atoms with E-state index in [1.807, 2.05) is 6.20 Å². The van der Waals surface area contributed by atoms with Gasteiger partial charge in [-0.25, -0.2) is 19.9 Å². The molecule has 0 aliphatic rings. The molecule has 0 atom stereocenters. The van der Waals surface area contributed by atoms with Crippen molar-refractivity contribution in [3.8, 4) is 11.4 Å². The summed E-state index contributed by atoms with van der Waals surface area (Å²) in [5, 5.41) is 0. The van der Waals surface area contributed by atoms with Gasteiger partial charge in [0.05, 0.1) is 78.3 Å². The van der Waals surface area contributed by atoms with Crippen molar-refractivity contribution in [2.24, 2.45) is 0 Å². The molecule has 51 heavy (non-hydrogen) atoms. The third-order valence-electron chi connectivity index (χ3n) is 10.5. The van der Waals surface area contributed by atoms with Crippen LogP contribution in [0.5, 0.6) is 0 Å². The predicted octanol–water partition coefficient (Wildman–Crippen LogP) is 9.51. The predicted molar refractivity (Wildman–Crippen MR) is 206 cm³/mol. The highest BCUT2D eigenvalue weighted by atomic mass is 32.1. The maximum atomic E-state index is 5.22. The van der Waals surface area contributed by atoms with Crippen molar-refractivity contribution in [1.29, 1.82) is 0 Å². The minimum absolute atomic E-state index is 0.868. The van der Waals surface area contributed by atoms with E-state index in [9.17, 15) is 0 Å². The molecule has 0 aliphatic heterocycles. The number of fused-ring (bicyclic) bond motifs is 15. The Morgan fingerprint density at radius 1 is 0.451 bits per heavy atom. The largest absolute Gasteiger partial charge is 0.281 e. The molecular formula is C41H27N9S. The molecule has 5 aromatic carbocycles. The van der Waals surface area contributed by atoms with E-state index in [1.54, 1.807) is 11.3 Å². The highest BCUT2D eigenvalue weighted by molar-refractivity contribution is 7.23. The van der Waals surface area contributed by atoms with Gasteiger partial charge in [-0.15, -0.1) is 0 Å². The van der Waals surface area contributed by atoms with Gasteiger partial charge in [0.15, 0.2) is 4.96 Å². The molecule has 0 saturated carbocycles. The maximum absolute atomic E-state index is 5.22. The lowest BCUT2D eigenvalue weighted by Crippen LogP contribution is -1.98. The standard InChI is InChI=1S/C41H27N9S/c1-22-10-8-16-31-35(22)43-39-46(27-12-4-6-14-29(27)48(31)39)25-18-24(3)37-33(19-25)50-34-20-26(21-42-38(34)51-41(50)45-37)47-28-13-5-7-15-30(28)49-32-17-9-11-23(2)36(32)44-40(47)49/h4-21H,1-3H3. The van der Waals surface area contributed by atoms with E-state index in [-0.39, 0.29) is 0 Å². The molecule has 0 saturated heterocycles. The van der Waals surface area contributed by atoms with Crippen LogP contribution in [-0.4, -0.2) is 42.3 Å². The summed E-state index contributed by atoms with van der Waals surface area (Å²) in [5.41, 5.74) is 17.1. The quantitative estimate of drug-likeness (QED) is 0.183. The number of benzene rings is 5. The van der Waals surface area contributed by atoms with Gasteiger partial charge >= 0.3 is 0 Å². The van der Waals surface area contributed by atoms with Crippen LogP contribution in [0.1, 0.15) is 16.7 Å². The summed E-state index contributed by atoms with van der Waals surface area (Å²) in [6.07, 6.45) is 1.96. The third-order valence-corrected chi connectivity index (χ3v) is 11.5. The normalized spacial score (nSPS) is 12.6. The van der Waals surface area contributed by atoms with E-state index in [0.29, 0.717) is 0 Å². The second-order valence-corrected chi connectivity index (χ2v) is 14.5. The van der Waals surface area contributed by atoms with Crippen LogP contribution in [0.4, 0.5) is 0 Å². The molecule has 0 aliphatic carbocycles. The van der Waals surface area contributed by atoms with Crippen LogP contribution in [0.3, 0.4) is 0 Å². The Kier molecular flexibility index (Phi) is 5.02. The molecule has 12 aromatic rings. The van der Waals surface area contributed by atoms with Crippen molar-refractivity contribution in [2.75, 3.05) is 0 Å². The van der Waals surface area contributed by atoms with Gasteiger partial charge in [-0.3, -0.25) is 22.3 Å². The van der Waals surface area contributed by atoms with Crippen molar-refractivity contribution in [2.45, 2.75) is 20.8 Å². The number of thiazole rings is 1. The van der Waals surface area contributed by atoms with Crippen LogP contribution >= 0.6 is 11.3 Å². The van der Waals surface area contributed by atoms with Gasteiger partial charge in [0.1, 0.15) is 4.83 Å². The number of aryl methyl sites for hydroxylation is 3. The van der Waals surface area contributed by atoms with Gasteiger partial charge < -0.3 is 0 Å². The number of nitrogens with zero attached hydrogens (tertiary/aromatic N) is 9. The molecule has 9 nitrogen and oxygen atoms in total. The van der Waals surface area contributed by atoms with Gasteiger partial charge in [-0.1, -0.05) is 59.9 Å². The second-order valence-electron chi connectivity index (χ2n) is 13.5. The van der Waals surface area contributed by atoms with Crippen LogP contribution in [0.25, 0.3) is 93.4 Å². The molecule has 0 unspecified atom stereocenters. The zero-order valence-corrected chi connectivity index (χ0v) is 28.6. The highest BCUT2D eigenvalue weighted by Crippen LogP contribution is 2.37. The van der Waals surface area contributed by atoms with E-state index in [4.69, 9.17) is 19.9 Å². The van der Waals surface area contributed by atoms with Gasteiger partial charge in [-0.05, 0) is 92.1 Å². The first-order valence-electron chi connectivity index (χ1n) is 17.0. The molecule has 0 radical (unpaired) electrons. The van der Waals surface area contributed by atoms with Crippen LogP contribution in [0.2, 0.25) is 0 Å². The molecule has 242 valence electrons. The van der Waals surface area contributed by atoms with E-state index in [2.05, 4.69) is 146 Å². The summed E-state index contributed by atoms with van der Waals surface area (Å²) in [6.45, 7) is 6.40. The Bertz CT molecular complexity index is 3470. The summed E-state index contributed by atoms with van der Waals surface area (Å²) in [4.78, 5) is 22.5. The number of aromatic nitrogens is 9. The SMILES string of the molecule is Cc1cc(-n2c3ccccc3n3c4cccc(C)c4nc23)cc2c1nc1sc3ncc(-n4c5ccccc5n5c6cccc(C)c6nc45)cc3n12. The monoisotopic (exact) mass is 677 g/mol. The summed E-state index contributed by atoms with van der Waals surface area (Å²) in [6, 6.07) is 36.5. The molecule has 0 spiro atoms. The van der Waals surface area contributed by atoms with E-state index in [1.165, 1.54) is 0 Å². The highest BCUT2D eigenvalue weighted by Gasteiger charge is 2.22. The van der Waals surface area contributed by atoms with Gasteiger partial charge in [0.2, 0.25) is 11.6 Å². The van der Waals surface area contributed by atoms with E-state index >= 15 is 0 Å². The lowest BCUT2D eigenvalue weighted by atomic mass is 10.1. The summed E-state index contributed by atoms with van der Waals surface area (Å²) in [7, 11) is 0. The molecule has 7 aromatic heterocycles. The Labute approximate surface area is 292 Å². The lowest BCUT2D eigenvalue weighted by molar-refractivity contribution is 1.09. The number of imidazole rings is 5. The third kappa shape index (κ3) is 3.39. The fraction of sp³-hybridized carbons (Fsp3) is 0.0732. The van der Waals surface area contributed by atoms with Crippen molar-refractivity contribution in [1.82, 2.24) is 42.3 Å². The molecular weight excluding hydrogens is 651 g/mol. The number of pyridine rings is 1. The first-order valence-corrected chi connectivity index (χ1v) is 17.8.